The molecule has 0 bridgehead atoms. The zero-order valence-electron chi connectivity index (χ0n) is 21.6. The van der Waals surface area contributed by atoms with Crippen molar-refractivity contribution in [3.05, 3.63) is 86.6 Å². The Hall–Kier alpha value is -3.99. The average molecular weight is 538 g/mol. The number of hydrogen-bond donors (Lipinski definition) is 0. The summed E-state index contributed by atoms with van der Waals surface area (Å²) in [6, 6.07) is 6.01. The van der Waals surface area contributed by atoms with E-state index in [0.29, 0.717) is 45.2 Å². The summed E-state index contributed by atoms with van der Waals surface area (Å²) in [5.74, 6) is -0.234. The standard InChI is InChI=1S/C27H28FN5O4S/c1-17-21-22(34)33(27(2,3)25(35)30-12-5-6-13-30)26(36)31(24(21)38-23(17)32-14-7-11-29-32)15-10-18-16-19(28)8-9-20(18)37-4/h5-9,11,14,16H,10,12-13,15H2,1-4H3. The fourth-order valence-corrected chi connectivity index (χ4v) is 6.20. The van der Waals surface area contributed by atoms with E-state index in [1.165, 1.54) is 35.1 Å². The second-order valence-corrected chi connectivity index (χ2v) is 10.7. The van der Waals surface area contributed by atoms with Gasteiger partial charge in [-0.05, 0) is 57.0 Å². The second kappa shape index (κ2) is 9.71. The van der Waals surface area contributed by atoms with Crippen LogP contribution < -0.4 is 16.0 Å². The number of rotatable bonds is 7. The SMILES string of the molecule is COc1ccc(F)cc1CCn1c(=O)n(C(C)(C)C(=O)N2CC=CC2)c(=O)c2c(C)c(-n3cccn3)sc21. The van der Waals surface area contributed by atoms with Crippen LogP contribution in [0.5, 0.6) is 5.75 Å². The molecule has 0 N–H and O–H groups in total. The predicted molar refractivity (Wildman–Crippen MR) is 144 cm³/mol. The maximum Gasteiger partial charge on any atom is 0.333 e. The van der Waals surface area contributed by atoms with Crippen LogP contribution in [0.1, 0.15) is 25.0 Å². The largest absolute Gasteiger partial charge is 0.496 e. The van der Waals surface area contributed by atoms with E-state index >= 15 is 0 Å². The lowest BCUT2D eigenvalue weighted by Gasteiger charge is -2.31. The summed E-state index contributed by atoms with van der Waals surface area (Å²) in [7, 11) is 1.50. The Balaban J connectivity index is 1.72. The molecule has 4 aromatic rings. The molecule has 1 amide bonds. The van der Waals surface area contributed by atoms with E-state index in [4.69, 9.17) is 4.74 Å². The zero-order chi connectivity index (χ0) is 27.2. The molecule has 1 aliphatic heterocycles. The van der Waals surface area contributed by atoms with E-state index < -0.39 is 22.6 Å². The molecule has 9 nitrogen and oxygen atoms in total. The number of nitrogens with zero attached hydrogens (tertiary/aromatic N) is 5. The summed E-state index contributed by atoms with van der Waals surface area (Å²) in [6.07, 6.45) is 7.43. The number of fused-ring (bicyclic) bond motifs is 1. The maximum absolute atomic E-state index is 14.0. The van der Waals surface area contributed by atoms with Gasteiger partial charge in [-0.25, -0.2) is 18.4 Å². The van der Waals surface area contributed by atoms with Crippen molar-refractivity contribution in [3.8, 4) is 10.8 Å². The highest BCUT2D eigenvalue weighted by Crippen LogP contribution is 2.32. The Morgan fingerprint density at radius 2 is 1.95 bits per heavy atom. The van der Waals surface area contributed by atoms with Crippen LogP contribution in [0.25, 0.3) is 15.2 Å². The molecule has 0 aliphatic carbocycles. The quantitative estimate of drug-likeness (QED) is 0.338. The molecule has 3 aromatic heterocycles. The van der Waals surface area contributed by atoms with Crippen LogP contribution in [-0.2, 0) is 23.3 Å². The number of thiophene rings is 1. The number of amides is 1. The Kier molecular flexibility index (Phi) is 6.56. The molecule has 0 fully saturated rings. The maximum atomic E-state index is 14.0. The number of ether oxygens (including phenoxy) is 1. The summed E-state index contributed by atoms with van der Waals surface area (Å²) in [4.78, 5) is 43.6. The van der Waals surface area contributed by atoms with Gasteiger partial charge in [0.05, 0.1) is 12.5 Å². The second-order valence-electron chi connectivity index (χ2n) is 9.68. The summed E-state index contributed by atoms with van der Waals surface area (Å²) in [5, 5.41) is 5.36. The fourth-order valence-electron chi connectivity index (χ4n) is 4.93. The van der Waals surface area contributed by atoms with Crippen LogP contribution >= 0.6 is 11.3 Å². The molecule has 0 spiro atoms. The van der Waals surface area contributed by atoms with Crippen LogP contribution in [0.15, 0.2) is 58.4 Å². The van der Waals surface area contributed by atoms with E-state index in [-0.39, 0.29) is 18.9 Å². The van der Waals surface area contributed by atoms with Gasteiger partial charge in [0, 0.05) is 37.6 Å². The molecule has 38 heavy (non-hydrogen) atoms. The molecule has 5 rings (SSSR count). The van der Waals surface area contributed by atoms with Crippen molar-refractivity contribution >= 4 is 27.5 Å². The van der Waals surface area contributed by atoms with Crippen molar-refractivity contribution < 1.29 is 13.9 Å². The molecule has 0 radical (unpaired) electrons. The smallest absolute Gasteiger partial charge is 0.333 e. The van der Waals surface area contributed by atoms with E-state index in [1.807, 2.05) is 19.1 Å². The van der Waals surface area contributed by atoms with E-state index in [0.717, 1.165) is 4.57 Å². The lowest BCUT2D eigenvalue weighted by atomic mass is 10.0. The van der Waals surface area contributed by atoms with Gasteiger partial charge < -0.3 is 9.64 Å². The van der Waals surface area contributed by atoms with Crippen molar-refractivity contribution in [2.75, 3.05) is 20.2 Å². The van der Waals surface area contributed by atoms with Crippen molar-refractivity contribution in [2.24, 2.45) is 0 Å². The first kappa shape index (κ1) is 25.7. The molecular weight excluding hydrogens is 509 g/mol. The Morgan fingerprint density at radius 3 is 2.61 bits per heavy atom. The van der Waals surface area contributed by atoms with Crippen LogP contribution in [0.4, 0.5) is 4.39 Å². The molecule has 0 saturated heterocycles. The molecule has 0 atom stereocenters. The van der Waals surface area contributed by atoms with Crippen molar-refractivity contribution in [2.45, 2.75) is 39.3 Å². The van der Waals surface area contributed by atoms with Crippen molar-refractivity contribution in [1.82, 2.24) is 23.8 Å². The average Bonchev–Trinajstić information content (AvgIpc) is 3.65. The minimum Gasteiger partial charge on any atom is -0.496 e. The zero-order valence-corrected chi connectivity index (χ0v) is 22.4. The molecular formula is C27H28FN5O4S. The van der Waals surface area contributed by atoms with Gasteiger partial charge in [-0.15, -0.1) is 0 Å². The van der Waals surface area contributed by atoms with Gasteiger partial charge in [-0.2, -0.15) is 5.10 Å². The van der Waals surface area contributed by atoms with E-state index in [9.17, 15) is 18.8 Å². The summed E-state index contributed by atoms with van der Waals surface area (Å²) < 4.78 is 23.6. The first-order valence-electron chi connectivity index (χ1n) is 12.2. The number of aryl methyl sites for hydroxylation is 3. The summed E-state index contributed by atoms with van der Waals surface area (Å²) in [5.41, 5.74) is -1.31. The monoisotopic (exact) mass is 537 g/mol. The minimum atomic E-state index is -1.44. The van der Waals surface area contributed by atoms with Crippen molar-refractivity contribution in [3.63, 3.8) is 0 Å². The van der Waals surface area contributed by atoms with Gasteiger partial charge in [0.2, 0.25) is 5.91 Å². The van der Waals surface area contributed by atoms with Gasteiger partial charge >= 0.3 is 5.69 Å². The first-order chi connectivity index (χ1) is 18.1. The van der Waals surface area contributed by atoms with Gasteiger partial charge in [0.15, 0.2) is 0 Å². The van der Waals surface area contributed by atoms with Crippen LogP contribution in [0.3, 0.4) is 0 Å². The number of carbonyl (C=O) groups excluding carboxylic acids is 1. The molecule has 1 aliphatic rings. The number of carbonyl (C=O) groups is 1. The van der Waals surface area contributed by atoms with E-state index in [2.05, 4.69) is 5.10 Å². The summed E-state index contributed by atoms with van der Waals surface area (Å²) in [6.45, 7) is 5.99. The predicted octanol–water partition coefficient (Wildman–Crippen LogP) is 3.24. The third-order valence-corrected chi connectivity index (χ3v) is 8.24. The number of benzene rings is 1. The van der Waals surface area contributed by atoms with Crippen LogP contribution in [-0.4, -0.2) is 49.9 Å². The highest BCUT2D eigenvalue weighted by atomic mass is 32.1. The topological polar surface area (TPSA) is 91.4 Å². The Bertz CT molecular complexity index is 1670. The number of aromatic nitrogens is 4. The van der Waals surface area contributed by atoms with Gasteiger partial charge in [-0.3, -0.25) is 14.2 Å². The molecule has 1 aromatic carbocycles. The van der Waals surface area contributed by atoms with E-state index in [1.54, 1.807) is 48.0 Å². The van der Waals surface area contributed by atoms with Gasteiger partial charge in [0.25, 0.3) is 5.56 Å². The highest BCUT2D eigenvalue weighted by Gasteiger charge is 2.38. The number of methoxy groups -OCH3 is 1. The third kappa shape index (κ3) is 4.16. The fraction of sp³-hybridized carbons (Fsp3) is 0.333. The van der Waals surface area contributed by atoms with Crippen LogP contribution in [0, 0.1) is 12.7 Å². The minimum absolute atomic E-state index is 0.142. The lowest BCUT2D eigenvalue weighted by molar-refractivity contribution is -0.138. The Morgan fingerprint density at radius 1 is 1.21 bits per heavy atom. The van der Waals surface area contributed by atoms with Crippen molar-refractivity contribution in [1.29, 1.82) is 0 Å². The molecule has 0 saturated carbocycles. The van der Waals surface area contributed by atoms with Gasteiger partial charge in [-0.1, -0.05) is 23.5 Å². The normalized spacial score (nSPS) is 13.6. The number of halogens is 1. The molecule has 0 unspecified atom stereocenters. The van der Waals surface area contributed by atoms with Gasteiger partial charge in [0.1, 0.15) is 26.9 Å². The summed E-state index contributed by atoms with van der Waals surface area (Å²) >= 11 is 1.28. The highest BCUT2D eigenvalue weighted by molar-refractivity contribution is 7.21. The number of hydrogen-bond acceptors (Lipinski definition) is 6. The third-order valence-electron chi connectivity index (χ3n) is 6.93. The lowest BCUT2D eigenvalue weighted by Crippen LogP contribution is -2.56. The molecule has 198 valence electrons. The first-order valence-corrected chi connectivity index (χ1v) is 13.0. The molecule has 4 heterocycles. The Labute approximate surface area is 222 Å². The molecule has 11 heteroatoms. The van der Waals surface area contributed by atoms with Crippen LogP contribution in [0.2, 0.25) is 0 Å².